The van der Waals surface area contributed by atoms with Crippen LogP contribution in [0.1, 0.15) is 42.4 Å². The minimum atomic E-state index is -0.256. The fraction of sp³-hybridized carbons (Fsp3) is 0.345. The molecular weight excluding hydrogens is 406 g/mol. The molecule has 1 saturated carbocycles. The maximum atomic E-state index is 13.5. The van der Waals surface area contributed by atoms with Crippen molar-refractivity contribution >= 4 is 5.91 Å². The molecule has 0 heterocycles. The Kier molecular flexibility index (Phi) is 7.92. The van der Waals surface area contributed by atoms with E-state index in [0.717, 1.165) is 24.0 Å². The molecule has 1 amide bonds. The Hall–Kier alpha value is -2.95. The van der Waals surface area contributed by atoms with E-state index in [9.17, 15) is 4.79 Å². The number of nitrogens with two attached hydrogens (primary N) is 1. The molecule has 3 aromatic carbocycles. The first-order valence-corrected chi connectivity index (χ1v) is 12.1. The van der Waals surface area contributed by atoms with Gasteiger partial charge < -0.3 is 16.0 Å². The second-order valence-electron chi connectivity index (χ2n) is 9.11. The van der Waals surface area contributed by atoms with E-state index in [-0.39, 0.29) is 11.9 Å². The maximum absolute atomic E-state index is 13.5. The Bertz CT molecular complexity index is 1010. The van der Waals surface area contributed by atoms with E-state index < -0.39 is 0 Å². The van der Waals surface area contributed by atoms with Crippen molar-refractivity contribution in [3.63, 3.8) is 0 Å². The SMILES string of the molecule is CN(C(=O)[C@H](Cc1ccc(CN)cc1)NCc1ccc(-c2ccccc2)cc1)C1CCCC1. The summed E-state index contributed by atoms with van der Waals surface area (Å²) in [6, 6.07) is 27.4. The first-order valence-electron chi connectivity index (χ1n) is 12.1. The molecule has 33 heavy (non-hydrogen) atoms. The van der Waals surface area contributed by atoms with Crippen LogP contribution < -0.4 is 11.1 Å². The number of benzene rings is 3. The molecule has 4 heteroatoms. The zero-order valence-electron chi connectivity index (χ0n) is 19.5. The van der Waals surface area contributed by atoms with Crippen molar-refractivity contribution in [2.75, 3.05) is 7.05 Å². The first kappa shape index (κ1) is 23.2. The van der Waals surface area contributed by atoms with Crippen molar-refractivity contribution < 1.29 is 4.79 Å². The molecule has 0 aromatic heterocycles. The second kappa shape index (κ2) is 11.3. The minimum Gasteiger partial charge on any atom is -0.341 e. The van der Waals surface area contributed by atoms with Crippen LogP contribution in [0, 0.1) is 0 Å². The van der Waals surface area contributed by atoms with E-state index in [2.05, 4.69) is 78.1 Å². The number of rotatable bonds is 9. The number of nitrogens with one attached hydrogen (secondary N) is 1. The van der Waals surface area contributed by atoms with Crippen LogP contribution in [0.25, 0.3) is 11.1 Å². The van der Waals surface area contributed by atoms with Crippen LogP contribution in [0.15, 0.2) is 78.9 Å². The van der Waals surface area contributed by atoms with Crippen molar-refractivity contribution in [2.45, 2.75) is 57.3 Å². The van der Waals surface area contributed by atoms with Gasteiger partial charge >= 0.3 is 0 Å². The van der Waals surface area contributed by atoms with E-state index in [1.165, 1.54) is 29.5 Å². The summed E-state index contributed by atoms with van der Waals surface area (Å²) in [4.78, 5) is 15.4. The zero-order chi connectivity index (χ0) is 23.0. The number of likely N-dealkylation sites (N-methyl/N-ethyl adjacent to an activating group) is 1. The number of hydrogen-bond donors (Lipinski definition) is 2. The molecule has 0 saturated heterocycles. The monoisotopic (exact) mass is 441 g/mol. The molecule has 0 aliphatic heterocycles. The lowest BCUT2D eigenvalue weighted by atomic mass is 10.0. The van der Waals surface area contributed by atoms with Crippen LogP contribution in [-0.4, -0.2) is 29.9 Å². The lowest BCUT2D eigenvalue weighted by Crippen LogP contribution is -2.49. The predicted molar refractivity (Wildman–Crippen MR) is 136 cm³/mol. The average Bonchev–Trinajstić information content (AvgIpc) is 3.42. The number of nitrogens with zero attached hydrogens (tertiary/aromatic N) is 1. The van der Waals surface area contributed by atoms with E-state index in [4.69, 9.17) is 5.73 Å². The highest BCUT2D eigenvalue weighted by Gasteiger charge is 2.28. The normalized spacial score (nSPS) is 14.8. The molecule has 172 valence electrons. The molecule has 0 bridgehead atoms. The lowest BCUT2D eigenvalue weighted by Gasteiger charge is -2.29. The Balaban J connectivity index is 1.45. The van der Waals surface area contributed by atoms with Gasteiger partial charge in [-0.3, -0.25) is 4.79 Å². The van der Waals surface area contributed by atoms with Crippen LogP contribution in [0.3, 0.4) is 0 Å². The highest BCUT2D eigenvalue weighted by molar-refractivity contribution is 5.82. The highest BCUT2D eigenvalue weighted by atomic mass is 16.2. The van der Waals surface area contributed by atoms with Gasteiger partial charge in [0.15, 0.2) is 0 Å². The molecule has 3 N–H and O–H groups in total. The standard InChI is InChI=1S/C29H35N3O/c1-32(27-9-5-6-10-27)29(33)28(19-22-11-13-23(20-30)14-12-22)31-21-24-15-17-26(18-16-24)25-7-3-2-4-8-25/h2-4,7-8,11-18,27-28,31H,5-6,9-10,19-21,30H2,1H3/t28-/m0/s1. The molecule has 4 nitrogen and oxygen atoms in total. The summed E-state index contributed by atoms with van der Waals surface area (Å²) >= 11 is 0. The number of carbonyl (C=O) groups excluding carboxylic acids is 1. The van der Waals surface area contributed by atoms with Crippen LogP contribution in [0.5, 0.6) is 0 Å². The molecule has 1 aliphatic carbocycles. The smallest absolute Gasteiger partial charge is 0.240 e. The van der Waals surface area contributed by atoms with Crippen molar-refractivity contribution in [3.8, 4) is 11.1 Å². The fourth-order valence-electron chi connectivity index (χ4n) is 4.70. The highest BCUT2D eigenvalue weighted by Crippen LogP contribution is 2.24. The molecule has 4 rings (SSSR count). The van der Waals surface area contributed by atoms with Crippen molar-refractivity contribution in [1.29, 1.82) is 0 Å². The predicted octanol–water partition coefficient (Wildman–Crippen LogP) is 4.91. The maximum Gasteiger partial charge on any atom is 0.240 e. The summed E-state index contributed by atoms with van der Waals surface area (Å²) < 4.78 is 0. The van der Waals surface area contributed by atoms with E-state index >= 15 is 0 Å². The topological polar surface area (TPSA) is 58.4 Å². The number of carbonyl (C=O) groups is 1. The van der Waals surface area contributed by atoms with Crippen molar-refractivity contribution in [3.05, 3.63) is 95.6 Å². The lowest BCUT2D eigenvalue weighted by molar-refractivity contribution is -0.134. The molecule has 0 spiro atoms. The summed E-state index contributed by atoms with van der Waals surface area (Å²) in [6.45, 7) is 1.19. The minimum absolute atomic E-state index is 0.186. The second-order valence-corrected chi connectivity index (χ2v) is 9.11. The van der Waals surface area contributed by atoms with Crippen molar-refractivity contribution in [1.82, 2.24) is 10.2 Å². The summed E-state index contributed by atoms with van der Waals surface area (Å²) in [5.41, 5.74) is 11.6. The largest absolute Gasteiger partial charge is 0.341 e. The van der Waals surface area contributed by atoms with Gasteiger partial charge in [0.1, 0.15) is 0 Å². The quantitative estimate of drug-likeness (QED) is 0.496. The van der Waals surface area contributed by atoms with Crippen LogP contribution >= 0.6 is 0 Å². The summed E-state index contributed by atoms with van der Waals surface area (Å²) in [5.74, 6) is 0.186. The summed E-state index contributed by atoms with van der Waals surface area (Å²) in [5, 5.41) is 3.56. The molecule has 1 fully saturated rings. The average molecular weight is 442 g/mol. The van der Waals surface area contributed by atoms with Crippen molar-refractivity contribution in [2.24, 2.45) is 5.73 Å². The van der Waals surface area contributed by atoms with Gasteiger partial charge in [-0.25, -0.2) is 0 Å². The van der Waals surface area contributed by atoms with Crippen LogP contribution in [-0.2, 0) is 24.3 Å². The van der Waals surface area contributed by atoms with Gasteiger partial charge in [0.05, 0.1) is 6.04 Å². The van der Waals surface area contributed by atoms with Gasteiger partial charge in [-0.2, -0.15) is 0 Å². The summed E-state index contributed by atoms with van der Waals surface area (Å²) in [7, 11) is 1.97. The van der Waals surface area contributed by atoms with Gasteiger partial charge in [0.2, 0.25) is 5.91 Å². The van der Waals surface area contributed by atoms with Gasteiger partial charge in [0.25, 0.3) is 0 Å². The summed E-state index contributed by atoms with van der Waals surface area (Å²) in [6.07, 6.45) is 5.33. The number of hydrogen-bond acceptors (Lipinski definition) is 3. The molecule has 1 atom stereocenters. The van der Waals surface area contributed by atoms with Gasteiger partial charge in [0, 0.05) is 26.2 Å². The molecule has 0 radical (unpaired) electrons. The van der Waals surface area contributed by atoms with E-state index in [0.29, 0.717) is 25.6 Å². The Labute approximate surface area is 197 Å². The Morgan fingerprint density at radius 3 is 2.09 bits per heavy atom. The van der Waals surface area contributed by atoms with Gasteiger partial charge in [-0.05, 0) is 47.1 Å². The van der Waals surface area contributed by atoms with E-state index in [1.807, 2.05) is 18.0 Å². The molecule has 3 aromatic rings. The third kappa shape index (κ3) is 6.10. The molecule has 1 aliphatic rings. The first-order chi connectivity index (χ1) is 16.1. The van der Waals surface area contributed by atoms with Crippen LogP contribution in [0.4, 0.5) is 0 Å². The van der Waals surface area contributed by atoms with E-state index in [1.54, 1.807) is 0 Å². The number of amides is 1. The molecular formula is C29H35N3O. The van der Waals surface area contributed by atoms with Crippen LogP contribution in [0.2, 0.25) is 0 Å². The fourth-order valence-corrected chi connectivity index (χ4v) is 4.70. The Morgan fingerprint density at radius 1 is 0.879 bits per heavy atom. The third-order valence-corrected chi connectivity index (χ3v) is 6.83. The zero-order valence-corrected chi connectivity index (χ0v) is 19.5. The Morgan fingerprint density at radius 2 is 1.45 bits per heavy atom. The van der Waals surface area contributed by atoms with Gasteiger partial charge in [-0.1, -0.05) is 91.7 Å². The molecule has 0 unspecified atom stereocenters. The third-order valence-electron chi connectivity index (χ3n) is 6.83. The van der Waals surface area contributed by atoms with Gasteiger partial charge in [-0.15, -0.1) is 0 Å².